The first-order valence-electron chi connectivity index (χ1n) is 6.69. The van der Waals surface area contributed by atoms with Crippen molar-refractivity contribution in [3.05, 3.63) is 23.8 Å². The molecule has 1 aromatic carbocycles. The van der Waals surface area contributed by atoms with Gasteiger partial charge in [0, 0.05) is 0 Å². The molecule has 0 spiro atoms. The van der Waals surface area contributed by atoms with Gasteiger partial charge in [0.2, 0.25) is 0 Å². The van der Waals surface area contributed by atoms with Gasteiger partial charge in [0.25, 0.3) is 0 Å². The van der Waals surface area contributed by atoms with Crippen LogP contribution in [0.5, 0.6) is 5.75 Å². The van der Waals surface area contributed by atoms with Crippen molar-refractivity contribution in [3.8, 4) is 5.75 Å². The fraction of sp³-hybridized carbons (Fsp3) is 0.500. The van der Waals surface area contributed by atoms with Crippen LogP contribution in [0.25, 0.3) is 0 Å². The second-order valence-corrected chi connectivity index (χ2v) is 7.41. The summed E-state index contributed by atoms with van der Waals surface area (Å²) in [4.78, 5) is 11.8. The summed E-state index contributed by atoms with van der Waals surface area (Å²) in [7, 11) is -3.22. The maximum Gasteiger partial charge on any atom is 0.338 e. The number of nitrogen functional groups attached to an aromatic ring is 1. The number of sulfone groups is 1. The van der Waals surface area contributed by atoms with Crippen LogP contribution < -0.4 is 10.5 Å². The first-order valence-corrected chi connectivity index (χ1v) is 8.40. The molecule has 2 N–H and O–H groups in total. The third-order valence-corrected chi connectivity index (χ3v) is 5.04. The zero-order chi connectivity index (χ0) is 16.0. The van der Waals surface area contributed by atoms with Crippen LogP contribution in [0.4, 0.5) is 5.69 Å². The highest BCUT2D eigenvalue weighted by Crippen LogP contribution is 2.22. The molecule has 0 bridgehead atoms. The molecule has 1 aromatic rings. The highest BCUT2D eigenvalue weighted by atomic mass is 32.2. The number of hydrogen-bond acceptors (Lipinski definition) is 6. The van der Waals surface area contributed by atoms with Crippen LogP contribution >= 0.6 is 0 Å². The highest BCUT2D eigenvalue weighted by molar-refractivity contribution is 7.91. The van der Waals surface area contributed by atoms with Crippen molar-refractivity contribution < 1.29 is 22.7 Å². The largest absolute Gasteiger partial charge is 0.492 e. The lowest BCUT2D eigenvalue weighted by molar-refractivity contribution is 0.0529. The summed E-state index contributed by atoms with van der Waals surface area (Å²) < 4.78 is 33.4. The average Bonchev–Trinajstić information content (AvgIpc) is 2.40. The van der Waals surface area contributed by atoms with Gasteiger partial charge in [-0.25, -0.2) is 13.2 Å². The van der Waals surface area contributed by atoms with Gasteiger partial charge in [-0.1, -0.05) is 0 Å². The summed E-state index contributed by atoms with van der Waals surface area (Å²) in [6.07, 6.45) is 0. The van der Waals surface area contributed by atoms with E-state index in [4.69, 9.17) is 15.2 Å². The Labute approximate surface area is 125 Å². The van der Waals surface area contributed by atoms with Crippen LogP contribution in [0, 0.1) is 0 Å². The molecule has 0 radical (unpaired) electrons. The summed E-state index contributed by atoms with van der Waals surface area (Å²) in [6.45, 7) is 5.30. The lowest BCUT2D eigenvalue weighted by Gasteiger charge is -2.10. The van der Waals surface area contributed by atoms with Crippen LogP contribution in [0.3, 0.4) is 0 Å². The Morgan fingerprint density at radius 2 is 2.00 bits per heavy atom. The first-order chi connectivity index (χ1) is 9.77. The number of anilines is 1. The number of esters is 1. The van der Waals surface area contributed by atoms with E-state index in [1.165, 1.54) is 12.1 Å². The van der Waals surface area contributed by atoms with Crippen LogP contribution in [0.1, 0.15) is 31.1 Å². The normalized spacial score (nSPS) is 11.4. The third-order valence-electron chi connectivity index (χ3n) is 2.86. The Morgan fingerprint density at radius 3 is 2.52 bits per heavy atom. The van der Waals surface area contributed by atoms with E-state index in [2.05, 4.69) is 0 Å². The molecule has 21 heavy (non-hydrogen) atoms. The third kappa shape index (κ3) is 4.93. The molecule has 7 heteroatoms. The molecule has 0 amide bonds. The number of carbonyl (C=O) groups excluding carboxylic acids is 1. The summed E-state index contributed by atoms with van der Waals surface area (Å²) in [5.41, 5.74) is 6.35. The number of rotatable bonds is 7. The van der Waals surface area contributed by atoms with Gasteiger partial charge in [-0.15, -0.1) is 0 Å². The van der Waals surface area contributed by atoms with Crippen molar-refractivity contribution in [2.45, 2.75) is 26.0 Å². The number of carbonyl (C=O) groups is 1. The van der Waals surface area contributed by atoms with Gasteiger partial charge in [0.05, 0.1) is 28.9 Å². The van der Waals surface area contributed by atoms with Gasteiger partial charge < -0.3 is 15.2 Å². The number of benzene rings is 1. The SMILES string of the molecule is CCOc1ccc(C(=O)OCCS(=O)(=O)C(C)C)cc1N. The maximum absolute atomic E-state index is 11.8. The summed E-state index contributed by atoms with van der Waals surface area (Å²) in [5.74, 6) is -0.303. The zero-order valence-electron chi connectivity index (χ0n) is 12.5. The minimum Gasteiger partial charge on any atom is -0.492 e. The lowest BCUT2D eigenvalue weighted by Crippen LogP contribution is -2.22. The second kappa shape index (κ2) is 7.31. The lowest BCUT2D eigenvalue weighted by atomic mass is 10.2. The highest BCUT2D eigenvalue weighted by Gasteiger charge is 2.17. The van der Waals surface area contributed by atoms with Crippen LogP contribution in [-0.2, 0) is 14.6 Å². The van der Waals surface area contributed by atoms with Crippen LogP contribution in [-0.4, -0.2) is 38.6 Å². The van der Waals surface area contributed by atoms with Crippen LogP contribution in [0.15, 0.2) is 18.2 Å². The van der Waals surface area contributed by atoms with Gasteiger partial charge in [-0.2, -0.15) is 0 Å². The smallest absolute Gasteiger partial charge is 0.338 e. The molecule has 1 rings (SSSR count). The van der Waals surface area contributed by atoms with Gasteiger partial charge in [0.1, 0.15) is 12.4 Å². The molecular weight excluding hydrogens is 294 g/mol. The van der Waals surface area contributed by atoms with Gasteiger partial charge in [0.15, 0.2) is 9.84 Å². The van der Waals surface area contributed by atoms with Crippen molar-refractivity contribution in [1.29, 1.82) is 0 Å². The topological polar surface area (TPSA) is 95.7 Å². The van der Waals surface area contributed by atoms with Gasteiger partial charge in [-0.3, -0.25) is 0 Å². The van der Waals surface area contributed by atoms with E-state index in [-0.39, 0.29) is 17.9 Å². The quantitative estimate of drug-likeness (QED) is 0.607. The van der Waals surface area contributed by atoms with Gasteiger partial charge >= 0.3 is 5.97 Å². The van der Waals surface area contributed by atoms with E-state index in [0.29, 0.717) is 18.0 Å². The van der Waals surface area contributed by atoms with E-state index in [1.54, 1.807) is 19.9 Å². The van der Waals surface area contributed by atoms with Crippen molar-refractivity contribution in [2.75, 3.05) is 24.7 Å². The summed E-state index contributed by atoms with van der Waals surface area (Å²) >= 11 is 0. The van der Waals surface area contributed by atoms with Crippen molar-refractivity contribution >= 4 is 21.5 Å². The first kappa shape index (κ1) is 17.3. The van der Waals surface area contributed by atoms with Crippen molar-refractivity contribution in [1.82, 2.24) is 0 Å². The van der Waals surface area contributed by atoms with E-state index >= 15 is 0 Å². The minimum atomic E-state index is -3.22. The fourth-order valence-corrected chi connectivity index (χ4v) is 2.32. The number of hydrogen-bond donors (Lipinski definition) is 1. The molecule has 0 heterocycles. The Bertz CT molecular complexity index is 595. The molecule has 0 aliphatic rings. The molecule has 0 aromatic heterocycles. The average molecular weight is 315 g/mol. The Balaban J connectivity index is 2.63. The van der Waals surface area contributed by atoms with Crippen molar-refractivity contribution in [3.63, 3.8) is 0 Å². The monoisotopic (exact) mass is 315 g/mol. The van der Waals surface area contributed by atoms with E-state index in [9.17, 15) is 13.2 Å². The maximum atomic E-state index is 11.8. The zero-order valence-corrected chi connectivity index (χ0v) is 13.3. The molecule has 0 saturated heterocycles. The Morgan fingerprint density at radius 1 is 1.33 bits per heavy atom. The molecule has 0 atom stereocenters. The van der Waals surface area contributed by atoms with Crippen molar-refractivity contribution in [2.24, 2.45) is 0 Å². The molecule has 0 unspecified atom stereocenters. The fourth-order valence-electron chi connectivity index (χ4n) is 1.53. The predicted molar refractivity (Wildman–Crippen MR) is 81.2 cm³/mol. The van der Waals surface area contributed by atoms with E-state index < -0.39 is 21.1 Å². The molecule has 0 aliphatic heterocycles. The molecular formula is C14H21NO5S. The molecule has 6 nitrogen and oxygen atoms in total. The molecule has 0 fully saturated rings. The predicted octanol–water partition coefficient (Wildman–Crippen LogP) is 1.65. The summed E-state index contributed by atoms with van der Waals surface area (Å²) in [6, 6.07) is 4.56. The molecule has 118 valence electrons. The Kier molecular flexibility index (Phi) is 6.02. The second-order valence-electron chi connectivity index (χ2n) is 4.74. The van der Waals surface area contributed by atoms with E-state index in [0.717, 1.165) is 0 Å². The molecule has 0 aliphatic carbocycles. The number of nitrogens with two attached hydrogens (primary N) is 1. The standard InChI is InChI=1S/C14H21NO5S/c1-4-19-13-6-5-11(9-12(13)15)14(16)20-7-8-21(17,18)10(2)3/h5-6,9-10H,4,7-8,15H2,1-3H3. The van der Waals surface area contributed by atoms with Gasteiger partial charge in [-0.05, 0) is 39.0 Å². The van der Waals surface area contributed by atoms with E-state index in [1.807, 2.05) is 6.92 Å². The molecule has 0 saturated carbocycles. The summed E-state index contributed by atoms with van der Waals surface area (Å²) in [5, 5.41) is -0.489. The van der Waals surface area contributed by atoms with Crippen LogP contribution in [0.2, 0.25) is 0 Å². The number of ether oxygens (including phenoxy) is 2. The Hall–Kier alpha value is -1.76. The minimum absolute atomic E-state index is 0.174.